The minimum Gasteiger partial charge on any atom is -0.506 e. The summed E-state index contributed by atoms with van der Waals surface area (Å²) in [5.41, 5.74) is 0.921. The highest BCUT2D eigenvalue weighted by atomic mass is 35.5. The second-order valence-corrected chi connectivity index (χ2v) is 7.72. The number of sulfonamides is 1. The first kappa shape index (κ1) is 19.5. The SMILES string of the molecule is CCC(=NNS(=O)(=O)Cc1ccc(F)cc1)c1cc(Cl)cc(Cl)c1O. The van der Waals surface area contributed by atoms with Crippen molar-refractivity contribution in [3.05, 3.63) is 63.4 Å². The molecule has 0 spiro atoms. The van der Waals surface area contributed by atoms with Crippen LogP contribution in [0.25, 0.3) is 0 Å². The third-order valence-electron chi connectivity index (χ3n) is 3.26. The van der Waals surface area contributed by atoms with E-state index in [1.165, 1.54) is 36.4 Å². The van der Waals surface area contributed by atoms with Gasteiger partial charge in [0.2, 0.25) is 0 Å². The number of phenols is 1. The van der Waals surface area contributed by atoms with Crippen LogP contribution in [0.15, 0.2) is 41.5 Å². The summed E-state index contributed by atoms with van der Waals surface area (Å²) in [6, 6.07) is 7.92. The fraction of sp³-hybridized carbons (Fsp3) is 0.188. The lowest BCUT2D eigenvalue weighted by atomic mass is 10.1. The maximum atomic E-state index is 12.9. The van der Waals surface area contributed by atoms with Crippen molar-refractivity contribution in [3.8, 4) is 5.75 Å². The number of nitrogens with zero attached hydrogens (tertiary/aromatic N) is 1. The van der Waals surface area contributed by atoms with E-state index in [9.17, 15) is 17.9 Å². The van der Waals surface area contributed by atoms with Crippen LogP contribution in [0.5, 0.6) is 5.75 Å². The Hall–Kier alpha value is -1.83. The van der Waals surface area contributed by atoms with Gasteiger partial charge in [-0.05, 0) is 36.2 Å². The first-order valence-electron chi connectivity index (χ1n) is 7.20. The van der Waals surface area contributed by atoms with Gasteiger partial charge in [-0.15, -0.1) is 0 Å². The molecule has 2 N–H and O–H groups in total. The number of hydrogen-bond donors (Lipinski definition) is 2. The maximum Gasteiger partial charge on any atom is 0.251 e. The predicted molar refractivity (Wildman–Crippen MR) is 97.1 cm³/mol. The summed E-state index contributed by atoms with van der Waals surface area (Å²) in [6.45, 7) is 1.74. The quantitative estimate of drug-likeness (QED) is 0.562. The summed E-state index contributed by atoms with van der Waals surface area (Å²) < 4.78 is 37.1. The minimum absolute atomic E-state index is 0.0396. The van der Waals surface area contributed by atoms with Gasteiger partial charge in [0.15, 0.2) is 0 Å². The molecule has 0 aliphatic carbocycles. The summed E-state index contributed by atoms with van der Waals surface area (Å²) in [7, 11) is -3.80. The van der Waals surface area contributed by atoms with Crippen LogP contribution in [0, 0.1) is 5.82 Å². The number of benzene rings is 2. The lowest BCUT2D eigenvalue weighted by molar-refractivity contribution is 0.474. The van der Waals surface area contributed by atoms with E-state index in [2.05, 4.69) is 9.93 Å². The summed E-state index contributed by atoms with van der Waals surface area (Å²) in [4.78, 5) is 2.11. The highest BCUT2D eigenvalue weighted by Gasteiger charge is 2.15. The molecule has 0 saturated carbocycles. The monoisotopic (exact) mass is 404 g/mol. The van der Waals surface area contributed by atoms with Gasteiger partial charge in [-0.3, -0.25) is 0 Å². The number of rotatable bonds is 6. The molecule has 0 bridgehead atoms. The van der Waals surface area contributed by atoms with Crippen LogP contribution >= 0.6 is 23.2 Å². The fourth-order valence-electron chi connectivity index (χ4n) is 2.07. The van der Waals surface area contributed by atoms with E-state index in [1.807, 2.05) is 0 Å². The predicted octanol–water partition coefficient (Wildman–Crippen LogP) is 4.07. The lowest BCUT2D eigenvalue weighted by Crippen LogP contribution is -2.22. The Bertz CT molecular complexity index is 900. The van der Waals surface area contributed by atoms with Crippen LogP contribution < -0.4 is 4.83 Å². The first-order valence-corrected chi connectivity index (χ1v) is 9.61. The molecule has 0 atom stereocenters. The third kappa shape index (κ3) is 5.32. The van der Waals surface area contributed by atoms with Crippen molar-refractivity contribution in [2.45, 2.75) is 19.1 Å². The number of hydrogen-bond acceptors (Lipinski definition) is 4. The molecule has 2 aromatic carbocycles. The van der Waals surface area contributed by atoms with E-state index in [-0.39, 0.29) is 32.8 Å². The van der Waals surface area contributed by atoms with Crippen molar-refractivity contribution < 1.29 is 17.9 Å². The molecule has 0 heterocycles. The summed E-state index contributed by atoms with van der Waals surface area (Å²) in [6.07, 6.45) is 0.323. The van der Waals surface area contributed by atoms with Crippen molar-refractivity contribution in [1.82, 2.24) is 4.83 Å². The summed E-state index contributed by atoms with van der Waals surface area (Å²) in [5.74, 6) is -1.05. The van der Waals surface area contributed by atoms with E-state index in [0.717, 1.165) is 0 Å². The molecule has 0 amide bonds. The van der Waals surface area contributed by atoms with Crippen molar-refractivity contribution >= 4 is 38.9 Å². The second-order valence-electron chi connectivity index (χ2n) is 5.17. The topological polar surface area (TPSA) is 78.8 Å². The summed E-state index contributed by atoms with van der Waals surface area (Å²) in [5, 5.41) is 14.2. The van der Waals surface area contributed by atoms with Crippen LogP contribution in [0.1, 0.15) is 24.5 Å². The fourth-order valence-corrected chi connectivity index (χ4v) is 3.51. The van der Waals surface area contributed by atoms with Gasteiger partial charge in [0, 0.05) is 10.6 Å². The number of hydrazone groups is 1. The van der Waals surface area contributed by atoms with E-state index in [4.69, 9.17) is 23.2 Å². The zero-order chi connectivity index (χ0) is 18.6. The minimum atomic E-state index is -3.80. The molecule has 25 heavy (non-hydrogen) atoms. The van der Waals surface area contributed by atoms with Crippen molar-refractivity contribution in [2.75, 3.05) is 0 Å². The van der Waals surface area contributed by atoms with E-state index in [0.29, 0.717) is 12.0 Å². The van der Waals surface area contributed by atoms with Crippen LogP contribution in [0.2, 0.25) is 10.0 Å². The standard InChI is InChI=1S/C16H15Cl2FN2O3S/c1-2-15(13-7-11(17)8-14(18)16(13)22)20-21-25(23,24)9-10-3-5-12(19)6-4-10/h3-8,21-22H,2,9H2,1H3. The van der Waals surface area contributed by atoms with Gasteiger partial charge in [0.25, 0.3) is 10.0 Å². The average molecular weight is 405 g/mol. The molecule has 0 aliphatic heterocycles. The highest BCUT2D eigenvalue weighted by molar-refractivity contribution is 7.88. The van der Waals surface area contributed by atoms with Crippen LogP contribution in [-0.4, -0.2) is 19.2 Å². The van der Waals surface area contributed by atoms with E-state index in [1.54, 1.807) is 6.92 Å². The average Bonchev–Trinajstić information content (AvgIpc) is 2.54. The molecule has 5 nitrogen and oxygen atoms in total. The second kappa shape index (κ2) is 8.03. The molecule has 0 aromatic heterocycles. The van der Waals surface area contributed by atoms with E-state index >= 15 is 0 Å². The van der Waals surface area contributed by atoms with Gasteiger partial charge in [-0.2, -0.15) is 5.10 Å². The Morgan fingerprint density at radius 3 is 2.48 bits per heavy atom. The number of phenolic OH excluding ortho intramolecular Hbond substituents is 1. The largest absolute Gasteiger partial charge is 0.506 e. The highest BCUT2D eigenvalue weighted by Crippen LogP contribution is 2.32. The van der Waals surface area contributed by atoms with Gasteiger partial charge in [0.05, 0.1) is 16.5 Å². The molecule has 2 aromatic rings. The summed E-state index contributed by atoms with van der Waals surface area (Å²) >= 11 is 11.8. The molecule has 9 heteroatoms. The zero-order valence-corrected chi connectivity index (χ0v) is 15.5. The number of aromatic hydroxyl groups is 1. The molecular weight excluding hydrogens is 390 g/mol. The molecule has 2 rings (SSSR count). The van der Waals surface area contributed by atoms with Crippen molar-refractivity contribution in [3.63, 3.8) is 0 Å². The number of halogens is 3. The van der Waals surface area contributed by atoms with Gasteiger partial charge >= 0.3 is 0 Å². The van der Waals surface area contributed by atoms with Gasteiger partial charge < -0.3 is 5.11 Å². The Morgan fingerprint density at radius 2 is 1.88 bits per heavy atom. The molecular formula is C16H15Cl2FN2O3S. The Kier molecular flexibility index (Phi) is 6.26. The van der Waals surface area contributed by atoms with Crippen LogP contribution in [-0.2, 0) is 15.8 Å². The lowest BCUT2D eigenvalue weighted by Gasteiger charge is -2.10. The molecule has 0 unspecified atom stereocenters. The zero-order valence-electron chi connectivity index (χ0n) is 13.1. The Balaban J connectivity index is 2.24. The smallest absolute Gasteiger partial charge is 0.251 e. The van der Waals surface area contributed by atoms with Crippen LogP contribution in [0.3, 0.4) is 0 Å². The molecule has 0 fully saturated rings. The third-order valence-corrected chi connectivity index (χ3v) is 4.85. The first-order chi connectivity index (χ1) is 11.7. The van der Waals surface area contributed by atoms with E-state index < -0.39 is 15.8 Å². The van der Waals surface area contributed by atoms with Crippen molar-refractivity contribution in [1.29, 1.82) is 0 Å². The molecule has 134 valence electrons. The molecule has 0 radical (unpaired) electrons. The van der Waals surface area contributed by atoms with Crippen LogP contribution in [0.4, 0.5) is 4.39 Å². The van der Waals surface area contributed by atoms with Crippen molar-refractivity contribution in [2.24, 2.45) is 5.10 Å². The molecule has 0 saturated heterocycles. The van der Waals surface area contributed by atoms with Gasteiger partial charge in [0.1, 0.15) is 11.6 Å². The molecule has 0 aliphatic rings. The van der Waals surface area contributed by atoms with Gasteiger partial charge in [-0.1, -0.05) is 42.3 Å². The Labute approximate surface area is 155 Å². The number of nitrogens with one attached hydrogen (secondary N) is 1. The maximum absolute atomic E-state index is 12.9. The van der Waals surface area contributed by atoms with Gasteiger partial charge in [-0.25, -0.2) is 17.6 Å². The normalized spacial score (nSPS) is 12.2. The Morgan fingerprint density at radius 1 is 1.24 bits per heavy atom.